The number of thioether (sulfide) groups is 1. The summed E-state index contributed by atoms with van der Waals surface area (Å²) in [7, 11) is 1.64. The van der Waals surface area contributed by atoms with Gasteiger partial charge in [0.2, 0.25) is 5.17 Å². The highest BCUT2D eigenvalue weighted by Crippen LogP contribution is 2.32. The maximum absolute atomic E-state index is 12.8. The third-order valence-corrected chi connectivity index (χ3v) is 6.42. The Kier molecular flexibility index (Phi) is 5.18. The van der Waals surface area contributed by atoms with Gasteiger partial charge in [-0.1, -0.05) is 12.1 Å². The van der Waals surface area contributed by atoms with Crippen molar-refractivity contribution in [1.82, 2.24) is 14.6 Å². The number of aryl methyl sites for hydroxylation is 1. The zero-order valence-electron chi connectivity index (χ0n) is 18.2. The number of nitrogens with one attached hydrogen (secondary N) is 1. The number of amidine groups is 2. The normalized spacial score (nSPS) is 16.7. The quantitative estimate of drug-likeness (QED) is 0.595. The summed E-state index contributed by atoms with van der Waals surface area (Å²) >= 11 is 1.25. The van der Waals surface area contributed by atoms with E-state index in [-0.39, 0.29) is 11.4 Å². The fourth-order valence-corrected chi connectivity index (χ4v) is 4.75. The molecule has 0 unspecified atom stereocenters. The number of amides is 1. The summed E-state index contributed by atoms with van der Waals surface area (Å²) in [5.41, 5.74) is 4.65. The summed E-state index contributed by atoms with van der Waals surface area (Å²) in [6.07, 6.45) is 5.09. The van der Waals surface area contributed by atoms with Gasteiger partial charge in [-0.25, -0.2) is 0 Å². The van der Waals surface area contributed by atoms with Crippen molar-refractivity contribution in [3.8, 4) is 11.4 Å². The molecule has 2 aliphatic rings. The first-order valence-electron chi connectivity index (χ1n) is 10.2. The molecule has 33 heavy (non-hydrogen) atoms. The second-order valence-corrected chi connectivity index (χ2v) is 8.46. The minimum absolute atomic E-state index is 0.00140. The molecule has 8 nitrogen and oxygen atoms in total. The van der Waals surface area contributed by atoms with E-state index in [9.17, 15) is 4.79 Å². The molecular weight excluding hydrogens is 436 g/mol. The first-order valence-corrected chi connectivity index (χ1v) is 11.0. The van der Waals surface area contributed by atoms with Crippen molar-refractivity contribution in [3.63, 3.8) is 0 Å². The highest BCUT2D eigenvalue weighted by molar-refractivity contribution is 8.27. The van der Waals surface area contributed by atoms with Gasteiger partial charge in [-0.2, -0.15) is 15.1 Å². The predicted octanol–water partition coefficient (Wildman–Crippen LogP) is 4.17. The number of ether oxygens (including phenoxy) is 1. The van der Waals surface area contributed by atoms with E-state index in [1.54, 1.807) is 25.6 Å². The Morgan fingerprint density at radius 2 is 1.97 bits per heavy atom. The third-order valence-electron chi connectivity index (χ3n) is 5.46. The van der Waals surface area contributed by atoms with Crippen LogP contribution in [0.15, 0.2) is 70.5 Å². The van der Waals surface area contributed by atoms with Gasteiger partial charge in [0.15, 0.2) is 5.84 Å². The van der Waals surface area contributed by atoms with Gasteiger partial charge in [0.25, 0.3) is 5.91 Å². The second kappa shape index (κ2) is 8.18. The number of hydrazone groups is 1. The van der Waals surface area contributed by atoms with Crippen molar-refractivity contribution in [2.45, 2.75) is 13.8 Å². The van der Waals surface area contributed by atoms with Crippen LogP contribution in [0.1, 0.15) is 22.5 Å². The van der Waals surface area contributed by atoms with E-state index < -0.39 is 5.91 Å². The number of benzene rings is 1. The maximum atomic E-state index is 12.8. The number of nitrogens with zero attached hydrogens (tertiary/aromatic N) is 5. The average molecular weight is 457 g/mol. The average Bonchev–Trinajstić information content (AvgIpc) is 3.37. The Hall–Kier alpha value is -3.98. The molecule has 5 rings (SSSR count). The van der Waals surface area contributed by atoms with Crippen molar-refractivity contribution >= 4 is 39.8 Å². The Labute approximate surface area is 194 Å². The molecule has 1 N–H and O–H groups in total. The molecule has 3 aromatic rings. The molecule has 0 aliphatic carbocycles. The van der Waals surface area contributed by atoms with Crippen LogP contribution in [-0.4, -0.2) is 43.6 Å². The van der Waals surface area contributed by atoms with E-state index in [0.717, 1.165) is 34.0 Å². The number of carbonyl (C=O) groups excluding carboxylic acids is 1. The first kappa shape index (κ1) is 20.9. The molecule has 1 aromatic carbocycles. The van der Waals surface area contributed by atoms with Crippen LogP contribution in [0.4, 0.5) is 0 Å². The Balaban J connectivity index is 1.53. The van der Waals surface area contributed by atoms with Crippen LogP contribution < -0.4 is 4.74 Å². The van der Waals surface area contributed by atoms with E-state index in [4.69, 9.17) is 10.1 Å². The van der Waals surface area contributed by atoms with E-state index in [1.807, 2.05) is 56.3 Å². The summed E-state index contributed by atoms with van der Waals surface area (Å²) in [6.45, 7) is 3.97. The van der Waals surface area contributed by atoms with Gasteiger partial charge < -0.3 is 9.30 Å². The topological polar surface area (TPSA) is 95.9 Å². The highest BCUT2D eigenvalue weighted by Gasteiger charge is 2.36. The molecule has 9 heteroatoms. The van der Waals surface area contributed by atoms with Crippen molar-refractivity contribution in [1.29, 1.82) is 5.41 Å². The van der Waals surface area contributed by atoms with Crippen molar-refractivity contribution in [2.24, 2.45) is 10.1 Å². The minimum atomic E-state index is -0.455. The summed E-state index contributed by atoms with van der Waals surface area (Å²) < 4.78 is 7.60. The molecule has 0 saturated heterocycles. The van der Waals surface area contributed by atoms with Crippen LogP contribution in [0.5, 0.6) is 5.75 Å². The number of fused-ring (bicyclic) bond motifs is 1. The lowest BCUT2D eigenvalue weighted by Gasteiger charge is -2.20. The van der Waals surface area contributed by atoms with Crippen LogP contribution in [0.2, 0.25) is 0 Å². The molecule has 0 radical (unpaired) electrons. The second-order valence-electron chi connectivity index (χ2n) is 7.50. The van der Waals surface area contributed by atoms with Crippen molar-refractivity contribution in [2.75, 3.05) is 7.11 Å². The zero-order valence-corrected chi connectivity index (χ0v) is 19.1. The fraction of sp³-hybridized carbons (Fsp3) is 0.125. The van der Waals surface area contributed by atoms with Crippen LogP contribution in [0.3, 0.4) is 0 Å². The van der Waals surface area contributed by atoms with Crippen LogP contribution in [0.25, 0.3) is 11.8 Å². The number of pyridine rings is 1. The molecule has 0 spiro atoms. The lowest BCUT2D eigenvalue weighted by Crippen LogP contribution is -2.35. The molecule has 164 valence electrons. The van der Waals surface area contributed by atoms with E-state index in [2.05, 4.69) is 19.6 Å². The molecule has 0 atom stereocenters. The van der Waals surface area contributed by atoms with Crippen LogP contribution >= 0.6 is 11.8 Å². The van der Waals surface area contributed by atoms with Crippen LogP contribution in [-0.2, 0) is 4.79 Å². The van der Waals surface area contributed by atoms with Crippen molar-refractivity contribution in [3.05, 3.63) is 82.9 Å². The van der Waals surface area contributed by atoms with E-state index in [1.165, 1.54) is 16.8 Å². The molecule has 1 amide bonds. The number of hydrogen-bond donors (Lipinski definition) is 1. The number of rotatable bonds is 4. The number of methoxy groups -OCH3 is 1. The number of carbonyl (C=O) groups is 1. The van der Waals surface area contributed by atoms with E-state index in [0.29, 0.717) is 10.2 Å². The van der Waals surface area contributed by atoms with Gasteiger partial charge >= 0.3 is 0 Å². The largest absolute Gasteiger partial charge is 0.495 e. The maximum Gasteiger partial charge on any atom is 0.283 e. The van der Waals surface area contributed by atoms with Crippen LogP contribution in [0, 0.1) is 19.3 Å². The number of para-hydroxylation sites is 2. The zero-order chi connectivity index (χ0) is 23.1. The van der Waals surface area contributed by atoms with Gasteiger partial charge in [0.05, 0.1) is 18.4 Å². The molecule has 2 aliphatic heterocycles. The Bertz CT molecular complexity index is 1390. The Morgan fingerprint density at radius 1 is 1.15 bits per heavy atom. The summed E-state index contributed by atoms with van der Waals surface area (Å²) in [5, 5.41) is 15.6. The SMILES string of the molecule is COc1ccccc1-n1c(C)cc(/C=C2/C(=N)N3N=C(c4cccnc4)SC3=NC2=O)c1C. The standard InChI is InChI=1S/C24H20N6O2S/c1-14-11-17(15(2)29(14)19-8-4-5-9-20(19)32-3)12-18-21(25)30-24(27-22(18)31)33-23(28-30)16-7-6-10-26-13-16/h4-13,25H,1-3H3/b18-12-,25-21?. The minimum Gasteiger partial charge on any atom is -0.495 e. The first-order chi connectivity index (χ1) is 16.0. The molecular formula is C24H20N6O2S. The molecule has 0 fully saturated rings. The van der Waals surface area contributed by atoms with Gasteiger partial charge in [-0.15, -0.1) is 0 Å². The summed E-state index contributed by atoms with van der Waals surface area (Å²) in [6, 6.07) is 13.4. The molecule has 0 bridgehead atoms. The van der Waals surface area contributed by atoms with Gasteiger partial charge in [-0.3, -0.25) is 15.2 Å². The van der Waals surface area contributed by atoms with Gasteiger partial charge in [0, 0.05) is 29.3 Å². The summed E-state index contributed by atoms with van der Waals surface area (Å²) in [5.74, 6) is 0.294. The predicted molar refractivity (Wildman–Crippen MR) is 130 cm³/mol. The molecule has 4 heterocycles. The number of aromatic nitrogens is 2. The van der Waals surface area contributed by atoms with E-state index >= 15 is 0 Å². The van der Waals surface area contributed by atoms with Gasteiger partial charge in [0.1, 0.15) is 10.8 Å². The highest BCUT2D eigenvalue weighted by atomic mass is 32.2. The molecule has 0 saturated carbocycles. The lowest BCUT2D eigenvalue weighted by molar-refractivity contribution is -0.114. The van der Waals surface area contributed by atoms with Crippen molar-refractivity contribution < 1.29 is 9.53 Å². The smallest absolute Gasteiger partial charge is 0.283 e. The third kappa shape index (κ3) is 3.56. The molecule has 2 aromatic heterocycles. The number of hydrogen-bond acceptors (Lipinski definition) is 6. The fourth-order valence-electron chi connectivity index (χ4n) is 3.87. The summed E-state index contributed by atoms with van der Waals surface area (Å²) in [4.78, 5) is 21.1. The lowest BCUT2D eigenvalue weighted by atomic mass is 10.1. The van der Waals surface area contributed by atoms with Gasteiger partial charge in [-0.05, 0) is 67.6 Å². The monoisotopic (exact) mass is 456 g/mol. The number of aliphatic imine (C=N–C) groups is 1. The Morgan fingerprint density at radius 3 is 2.73 bits per heavy atom.